The molecule has 2 heterocycles. The molecule has 0 aromatic carbocycles. The van der Waals surface area contributed by atoms with Gasteiger partial charge < -0.3 is 10.2 Å². The molecule has 3 nitrogen and oxygen atoms in total. The van der Waals surface area contributed by atoms with Crippen molar-refractivity contribution in [1.82, 2.24) is 15.2 Å². The van der Waals surface area contributed by atoms with Crippen molar-refractivity contribution in [2.24, 2.45) is 0 Å². The summed E-state index contributed by atoms with van der Waals surface area (Å²) in [5, 5.41) is 4.96. The summed E-state index contributed by atoms with van der Waals surface area (Å²) in [4.78, 5) is 8.90. The molecule has 2 fully saturated rings. The largest absolute Gasteiger partial charge is 0.309 e. The highest BCUT2D eigenvalue weighted by Gasteiger charge is 2.21. The van der Waals surface area contributed by atoms with E-state index < -0.39 is 0 Å². The van der Waals surface area contributed by atoms with Crippen LogP contribution < -0.4 is 5.32 Å². The Balaban J connectivity index is 1.54. The smallest absolute Gasteiger partial charge is 0.0944 e. The van der Waals surface area contributed by atoms with Crippen molar-refractivity contribution in [3.8, 4) is 0 Å². The molecule has 0 atom stereocenters. The molecule has 0 spiro atoms. The lowest BCUT2D eigenvalue weighted by atomic mass is 10.3. The van der Waals surface area contributed by atoms with Crippen LogP contribution in [-0.4, -0.2) is 35.6 Å². The maximum absolute atomic E-state index is 4.84. The van der Waals surface area contributed by atoms with Crippen LogP contribution in [0.25, 0.3) is 0 Å². The van der Waals surface area contributed by atoms with Crippen molar-refractivity contribution in [1.29, 1.82) is 0 Å². The Bertz CT molecular complexity index is 406. The fourth-order valence-electron chi connectivity index (χ4n) is 2.74. The third-order valence-corrected chi connectivity index (χ3v) is 5.28. The normalized spacial score (nSPS) is 20.3. The Morgan fingerprint density at radius 3 is 2.79 bits per heavy atom. The van der Waals surface area contributed by atoms with Crippen LogP contribution in [0.5, 0.6) is 0 Å². The topological polar surface area (TPSA) is 28.2 Å². The van der Waals surface area contributed by atoms with Gasteiger partial charge >= 0.3 is 0 Å². The second kappa shape index (κ2) is 6.33. The van der Waals surface area contributed by atoms with E-state index in [-0.39, 0.29) is 0 Å². The number of aromatic nitrogens is 1. The predicted octanol–water partition coefficient (Wildman–Crippen LogP) is 2.60. The number of aryl methyl sites for hydroxylation is 1. The monoisotopic (exact) mass is 279 g/mol. The van der Waals surface area contributed by atoms with Crippen LogP contribution in [0.3, 0.4) is 0 Å². The van der Waals surface area contributed by atoms with Gasteiger partial charge in [0.15, 0.2) is 0 Å². The summed E-state index contributed by atoms with van der Waals surface area (Å²) in [6, 6.07) is 0.792. The second-order valence-electron chi connectivity index (χ2n) is 5.78. The van der Waals surface area contributed by atoms with Crippen molar-refractivity contribution < 1.29 is 0 Å². The maximum atomic E-state index is 4.84. The summed E-state index contributed by atoms with van der Waals surface area (Å²) >= 11 is 1.94. The summed E-state index contributed by atoms with van der Waals surface area (Å²) < 4.78 is 0. The van der Waals surface area contributed by atoms with E-state index in [1.165, 1.54) is 60.9 Å². The van der Waals surface area contributed by atoms with Gasteiger partial charge in [0.25, 0.3) is 0 Å². The van der Waals surface area contributed by atoms with E-state index in [0.717, 1.165) is 25.4 Å². The standard InChI is InChI=1S/C15H25N3S/c1-2-13-14(11-16-12-5-6-12)19-15(17-13)7-10-18-8-3-4-9-18/h12,16H,2-11H2,1H3. The molecule has 1 aliphatic carbocycles. The van der Waals surface area contributed by atoms with Gasteiger partial charge in [-0.2, -0.15) is 0 Å². The molecule has 4 heteroatoms. The summed E-state index contributed by atoms with van der Waals surface area (Å²) in [6.07, 6.45) is 7.70. The van der Waals surface area contributed by atoms with E-state index in [4.69, 9.17) is 4.98 Å². The summed E-state index contributed by atoms with van der Waals surface area (Å²) in [7, 11) is 0. The zero-order valence-electron chi connectivity index (χ0n) is 12.0. The zero-order chi connectivity index (χ0) is 13.1. The minimum absolute atomic E-state index is 0.792. The number of thiazole rings is 1. The van der Waals surface area contributed by atoms with Gasteiger partial charge in [0.2, 0.25) is 0 Å². The lowest BCUT2D eigenvalue weighted by molar-refractivity contribution is 0.343. The molecule has 1 aromatic heterocycles. The van der Waals surface area contributed by atoms with E-state index in [0.29, 0.717) is 0 Å². The Hall–Kier alpha value is -0.450. The van der Waals surface area contributed by atoms with Crippen molar-refractivity contribution in [2.45, 2.75) is 58.0 Å². The summed E-state index contributed by atoms with van der Waals surface area (Å²) in [5.74, 6) is 0. The fourth-order valence-corrected chi connectivity index (χ4v) is 3.84. The van der Waals surface area contributed by atoms with Gasteiger partial charge in [0.05, 0.1) is 10.7 Å². The first-order chi connectivity index (χ1) is 9.35. The Morgan fingerprint density at radius 2 is 2.11 bits per heavy atom. The van der Waals surface area contributed by atoms with Gasteiger partial charge in [-0.15, -0.1) is 11.3 Å². The summed E-state index contributed by atoms with van der Waals surface area (Å²) in [5.41, 5.74) is 1.33. The molecule has 1 saturated heterocycles. The Morgan fingerprint density at radius 1 is 1.32 bits per heavy atom. The number of hydrogen-bond acceptors (Lipinski definition) is 4. The minimum Gasteiger partial charge on any atom is -0.309 e. The highest BCUT2D eigenvalue weighted by molar-refractivity contribution is 7.11. The van der Waals surface area contributed by atoms with Crippen molar-refractivity contribution in [2.75, 3.05) is 19.6 Å². The molecule has 0 unspecified atom stereocenters. The molecule has 0 amide bonds. The number of likely N-dealkylation sites (tertiary alicyclic amines) is 1. The van der Waals surface area contributed by atoms with Crippen molar-refractivity contribution in [3.63, 3.8) is 0 Å². The van der Waals surface area contributed by atoms with Crippen LogP contribution in [0.2, 0.25) is 0 Å². The lowest BCUT2D eigenvalue weighted by Gasteiger charge is -2.12. The van der Waals surface area contributed by atoms with Crippen LogP contribution in [0.1, 0.15) is 48.2 Å². The van der Waals surface area contributed by atoms with Gasteiger partial charge in [-0.25, -0.2) is 4.98 Å². The van der Waals surface area contributed by atoms with Gasteiger partial charge in [-0.1, -0.05) is 6.92 Å². The van der Waals surface area contributed by atoms with Crippen LogP contribution in [0, 0.1) is 0 Å². The van der Waals surface area contributed by atoms with Crippen LogP contribution in [0.15, 0.2) is 0 Å². The van der Waals surface area contributed by atoms with Crippen LogP contribution >= 0.6 is 11.3 Å². The molecular formula is C15H25N3S. The zero-order valence-corrected chi connectivity index (χ0v) is 12.8. The van der Waals surface area contributed by atoms with E-state index >= 15 is 0 Å². The van der Waals surface area contributed by atoms with Crippen molar-refractivity contribution >= 4 is 11.3 Å². The highest BCUT2D eigenvalue weighted by atomic mass is 32.1. The maximum Gasteiger partial charge on any atom is 0.0944 e. The molecule has 19 heavy (non-hydrogen) atoms. The molecule has 3 rings (SSSR count). The van der Waals surface area contributed by atoms with E-state index in [9.17, 15) is 0 Å². The molecule has 1 saturated carbocycles. The quantitative estimate of drug-likeness (QED) is 0.831. The number of rotatable bonds is 7. The van der Waals surface area contributed by atoms with Gasteiger partial charge in [-0.05, 0) is 45.2 Å². The third kappa shape index (κ3) is 3.77. The first-order valence-electron chi connectivity index (χ1n) is 7.78. The van der Waals surface area contributed by atoms with E-state index in [2.05, 4.69) is 17.1 Å². The van der Waals surface area contributed by atoms with E-state index in [1.54, 1.807) is 0 Å². The lowest BCUT2D eigenvalue weighted by Crippen LogP contribution is -2.21. The molecule has 0 bridgehead atoms. The molecule has 1 aliphatic heterocycles. The predicted molar refractivity (Wildman–Crippen MR) is 80.7 cm³/mol. The van der Waals surface area contributed by atoms with Crippen molar-refractivity contribution in [3.05, 3.63) is 15.6 Å². The average molecular weight is 279 g/mol. The van der Waals surface area contributed by atoms with E-state index in [1.807, 2.05) is 11.3 Å². The van der Waals surface area contributed by atoms with Crippen LogP contribution in [-0.2, 0) is 19.4 Å². The molecule has 106 valence electrons. The average Bonchev–Trinajstić information content (AvgIpc) is 2.96. The molecule has 1 N–H and O–H groups in total. The second-order valence-corrected chi connectivity index (χ2v) is 6.95. The molecule has 1 aromatic rings. The van der Waals surface area contributed by atoms with Crippen LogP contribution in [0.4, 0.5) is 0 Å². The number of hydrogen-bond donors (Lipinski definition) is 1. The third-order valence-electron chi connectivity index (χ3n) is 4.13. The van der Waals surface area contributed by atoms with Gasteiger partial charge in [-0.3, -0.25) is 0 Å². The van der Waals surface area contributed by atoms with Gasteiger partial charge in [0, 0.05) is 30.4 Å². The first kappa shape index (κ1) is 13.5. The first-order valence-corrected chi connectivity index (χ1v) is 8.60. The summed E-state index contributed by atoms with van der Waals surface area (Å²) in [6.45, 7) is 7.05. The minimum atomic E-state index is 0.792. The SMILES string of the molecule is CCc1nc(CCN2CCCC2)sc1CNC1CC1. The fraction of sp³-hybridized carbons (Fsp3) is 0.800. The molecular weight excluding hydrogens is 254 g/mol. The Labute approximate surface area is 120 Å². The Kier molecular flexibility index (Phi) is 4.51. The molecule has 0 radical (unpaired) electrons. The number of nitrogens with zero attached hydrogens (tertiary/aromatic N) is 2. The molecule has 2 aliphatic rings. The highest BCUT2D eigenvalue weighted by Crippen LogP contribution is 2.24. The van der Waals surface area contributed by atoms with Gasteiger partial charge in [0.1, 0.15) is 0 Å². The number of nitrogens with one attached hydrogen (secondary N) is 1.